The van der Waals surface area contributed by atoms with Gasteiger partial charge in [0.25, 0.3) is 0 Å². The molecule has 0 bridgehead atoms. The lowest BCUT2D eigenvalue weighted by Gasteiger charge is -2.31. The Labute approximate surface area is 377 Å². The van der Waals surface area contributed by atoms with E-state index in [0.717, 1.165) is 28.4 Å². The first-order valence-corrected chi connectivity index (χ1v) is 26.0. The molecule has 0 heterocycles. The van der Waals surface area contributed by atoms with Gasteiger partial charge in [0, 0.05) is 34.1 Å². The molecular weight excluding hydrogens is 789 g/mol. The standard InChI is InChI=1S/C61H48N2Si/c1-41-17-15-22-48(33-41)62(46-18-7-5-8-19-46)50-31-29-42-36-55-56-37-43-30-32-51(63(47-20-9-6-10-21-47)49-23-16-24-52(40-49)64(2,3)4)35-45(43)39-60(56)61(59(55)38-44(42)34-50)57-27-13-11-25-53(57)54-26-12-14-28-58(54)61/h5-40H,1-4H3. The molecule has 1 spiro atoms. The van der Waals surface area contributed by atoms with Crippen molar-refractivity contribution in [1.29, 1.82) is 0 Å². The molecule has 12 rings (SSSR count). The van der Waals surface area contributed by atoms with Crippen molar-refractivity contribution in [2.24, 2.45) is 0 Å². The Kier molecular flexibility index (Phi) is 8.69. The second-order valence-electron chi connectivity index (χ2n) is 18.7. The van der Waals surface area contributed by atoms with Crippen LogP contribution in [0.5, 0.6) is 0 Å². The van der Waals surface area contributed by atoms with Crippen molar-refractivity contribution >= 4 is 68.9 Å². The molecule has 3 heteroatoms. The Morgan fingerprint density at radius 2 is 0.750 bits per heavy atom. The molecule has 64 heavy (non-hydrogen) atoms. The van der Waals surface area contributed by atoms with Crippen LogP contribution in [0.25, 0.3) is 43.8 Å². The van der Waals surface area contributed by atoms with Gasteiger partial charge in [-0.2, -0.15) is 0 Å². The molecule has 2 aliphatic rings. The van der Waals surface area contributed by atoms with Crippen LogP contribution >= 0.6 is 0 Å². The SMILES string of the molecule is Cc1cccc(N(c2ccccc2)c2ccc3cc4c(cc3c2)C2(c3ccccc3-c3ccccc32)c2cc3cc(N(c5ccccc5)c5cccc([Si](C)(C)C)c5)ccc3cc2-4)c1. The second-order valence-corrected chi connectivity index (χ2v) is 23.8. The van der Waals surface area contributed by atoms with E-state index < -0.39 is 13.5 Å². The predicted octanol–water partition coefficient (Wildman–Crippen LogP) is 16.1. The first kappa shape index (κ1) is 38.2. The lowest BCUT2D eigenvalue weighted by Crippen LogP contribution is -2.37. The highest BCUT2D eigenvalue weighted by Gasteiger charge is 2.51. The summed E-state index contributed by atoms with van der Waals surface area (Å²) in [5, 5.41) is 6.38. The fraction of sp³-hybridized carbons (Fsp3) is 0.0820. The van der Waals surface area contributed by atoms with Gasteiger partial charge in [-0.05, 0) is 176 Å². The molecule has 306 valence electrons. The summed E-state index contributed by atoms with van der Waals surface area (Å²) in [6.45, 7) is 9.45. The van der Waals surface area contributed by atoms with Gasteiger partial charge in [-0.15, -0.1) is 0 Å². The summed E-state index contributed by atoms with van der Waals surface area (Å²) >= 11 is 0. The molecule has 0 atom stereocenters. The highest BCUT2D eigenvalue weighted by atomic mass is 28.3. The summed E-state index contributed by atoms with van der Waals surface area (Å²) in [4.78, 5) is 4.81. The van der Waals surface area contributed by atoms with Gasteiger partial charge in [0.15, 0.2) is 0 Å². The quantitative estimate of drug-likeness (QED) is 0.148. The van der Waals surface area contributed by atoms with Crippen molar-refractivity contribution < 1.29 is 0 Å². The summed E-state index contributed by atoms with van der Waals surface area (Å²) in [5.41, 5.74) is 18.3. The maximum Gasteiger partial charge on any atom is 0.0776 e. The van der Waals surface area contributed by atoms with Crippen molar-refractivity contribution in [3.63, 3.8) is 0 Å². The molecule has 0 aliphatic heterocycles. The number of para-hydroxylation sites is 2. The largest absolute Gasteiger partial charge is 0.310 e. The third-order valence-electron chi connectivity index (χ3n) is 13.7. The maximum atomic E-state index is 2.53. The lowest BCUT2D eigenvalue weighted by atomic mass is 9.70. The van der Waals surface area contributed by atoms with E-state index in [1.165, 1.54) is 82.5 Å². The Hall–Kier alpha value is -7.46. The molecule has 10 aromatic carbocycles. The van der Waals surface area contributed by atoms with E-state index in [0.29, 0.717) is 0 Å². The average molecular weight is 837 g/mol. The summed E-state index contributed by atoms with van der Waals surface area (Å²) in [6.07, 6.45) is 0. The molecular formula is C61H48N2Si. The van der Waals surface area contributed by atoms with Crippen LogP contribution < -0.4 is 15.0 Å². The van der Waals surface area contributed by atoms with Gasteiger partial charge in [0.1, 0.15) is 0 Å². The van der Waals surface area contributed by atoms with E-state index in [4.69, 9.17) is 0 Å². The number of benzene rings is 10. The molecule has 2 aliphatic carbocycles. The van der Waals surface area contributed by atoms with E-state index in [1.54, 1.807) is 0 Å². The lowest BCUT2D eigenvalue weighted by molar-refractivity contribution is 0.796. The first-order chi connectivity index (χ1) is 31.3. The number of fused-ring (bicyclic) bond motifs is 12. The molecule has 0 aromatic heterocycles. The highest BCUT2D eigenvalue weighted by molar-refractivity contribution is 6.88. The molecule has 0 fully saturated rings. The highest BCUT2D eigenvalue weighted by Crippen LogP contribution is 2.64. The van der Waals surface area contributed by atoms with Crippen LogP contribution in [0, 0.1) is 6.92 Å². The summed E-state index contributed by atoms with van der Waals surface area (Å²) < 4.78 is 0. The van der Waals surface area contributed by atoms with Gasteiger partial charge in [-0.1, -0.05) is 146 Å². The van der Waals surface area contributed by atoms with Crippen LogP contribution in [0.3, 0.4) is 0 Å². The summed E-state index contributed by atoms with van der Waals surface area (Å²) in [5.74, 6) is 0. The third-order valence-corrected chi connectivity index (χ3v) is 15.8. The van der Waals surface area contributed by atoms with Crippen LogP contribution in [-0.4, -0.2) is 8.07 Å². The first-order valence-electron chi connectivity index (χ1n) is 22.5. The van der Waals surface area contributed by atoms with E-state index in [1.807, 2.05) is 0 Å². The fourth-order valence-electron chi connectivity index (χ4n) is 10.8. The topological polar surface area (TPSA) is 6.48 Å². The van der Waals surface area contributed by atoms with Gasteiger partial charge in [-0.25, -0.2) is 0 Å². The Morgan fingerprint density at radius 1 is 0.312 bits per heavy atom. The molecule has 2 nitrogen and oxygen atoms in total. The number of hydrogen-bond donors (Lipinski definition) is 0. The minimum Gasteiger partial charge on any atom is -0.310 e. The zero-order chi connectivity index (χ0) is 43.2. The van der Waals surface area contributed by atoms with Gasteiger partial charge in [0.05, 0.1) is 13.5 Å². The maximum absolute atomic E-state index is 2.53. The Balaban J connectivity index is 1.09. The molecule has 0 radical (unpaired) electrons. The molecule has 0 unspecified atom stereocenters. The van der Waals surface area contributed by atoms with E-state index in [-0.39, 0.29) is 0 Å². The summed E-state index contributed by atoms with van der Waals surface area (Å²) in [6, 6.07) is 81.9. The van der Waals surface area contributed by atoms with Crippen molar-refractivity contribution in [1.82, 2.24) is 0 Å². The van der Waals surface area contributed by atoms with Crippen molar-refractivity contribution in [3.8, 4) is 22.3 Å². The molecule has 0 saturated heterocycles. The number of anilines is 6. The molecule has 0 amide bonds. The van der Waals surface area contributed by atoms with Crippen molar-refractivity contribution in [3.05, 3.63) is 246 Å². The minimum atomic E-state index is -1.57. The zero-order valence-corrected chi connectivity index (χ0v) is 37.7. The number of hydrogen-bond acceptors (Lipinski definition) is 2. The van der Waals surface area contributed by atoms with Gasteiger partial charge in [-0.3, -0.25) is 0 Å². The normalized spacial score (nSPS) is 13.1. The van der Waals surface area contributed by atoms with E-state index >= 15 is 0 Å². The van der Waals surface area contributed by atoms with Crippen LogP contribution in [0.2, 0.25) is 19.6 Å². The minimum absolute atomic E-state index is 0.493. The van der Waals surface area contributed by atoms with Gasteiger partial charge >= 0.3 is 0 Å². The average Bonchev–Trinajstić information content (AvgIpc) is 3.77. The molecule has 0 N–H and O–H groups in total. The van der Waals surface area contributed by atoms with E-state index in [9.17, 15) is 0 Å². The molecule has 10 aromatic rings. The van der Waals surface area contributed by atoms with Crippen LogP contribution in [0.4, 0.5) is 34.1 Å². The van der Waals surface area contributed by atoms with Gasteiger partial charge in [0.2, 0.25) is 0 Å². The van der Waals surface area contributed by atoms with E-state index in [2.05, 4.69) is 255 Å². The second kappa shape index (κ2) is 14.6. The number of rotatable bonds is 7. The van der Waals surface area contributed by atoms with Crippen LogP contribution in [0.1, 0.15) is 27.8 Å². The summed E-state index contributed by atoms with van der Waals surface area (Å²) in [7, 11) is -1.57. The zero-order valence-electron chi connectivity index (χ0n) is 36.7. The number of aryl methyl sites for hydroxylation is 1. The molecule has 0 saturated carbocycles. The van der Waals surface area contributed by atoms with Crippen molar-refractivity contribution in [2.45, 2.75) is 32.0 Å². The van der Waals surface area contributed by atoms with Crippen molar-refractivity contribution in [2.75, 3.05) is 9.80 Å². The van der Waals surface area contributed by atoms with Gasteiger partial charge < -0.3 is 9.80 Å². The predicted molar refractivity (Wildman–Crippen MR) is 275 cm³/mol. The van der Waals surface area contributed by atoms with Crippen LogP contribution in [0.15, 0.2) is 218 Å². The third kappa shape index (κ3) is 5.92. The smallest absolute Gasteiger partial charge is 0.0776 e. The fourth-order valence-corrected chi connectivity index (χ4v) is 12.0. The monoisotopic (exact) mass is 836 g/mol. The van der Waals surface area contributed by atoms with Crippen LogP contribution in [-0.2, 0) is 5.41 Å². The Bertz CT molecular complexity index is 3410. The number of nitrogens with zero attached hydrogens (tertiary/aromatic N) is 2. The Morgan fingerprint density at radius 3 is 1.25 bits per heavy atom.